The number of hydrogen-bond acceptors (Lipinski definition) is 5. The monoisotopic (exact) mass is 458 g/mol. The molecule has 3 amide bonds. The van der Waals surface area contributed by atoms with Crippen LogP contribution in [0.15, 0.2) is 30.3 Å². The number of carbonyl (C=O) groups is 3. The number of unbranched alkanes of at least 4 members (excludes halogenated alkanes) is 1. The van der Waals surface area contributed by atoms with E-state index in [1.165, 1.54) is 6.92 Å². The Morgan fingerprint density at radius 2 is 1.70 bits per heavy atom. The first-order chi connectivity index (χ1) is 15.6. The highest BCUT2D eigenvalue weighted by Crippen LogP contribution is 2.30. The predicted octanol–water partition coefficient (Wildman–Crippen LogP) is 3.29. The molecule has 0 aliphatic heterocycles. The highest BCUT2D eigenvalue weighted by molar-refractivity contribution is 6.05. The summed E-state index contributed by atoms with van der Waals surface area (Å²) in [6.45, 7) is 7.61. The van der Waals surface area contributed by atoms with Gasteiger partial charge in [-0.1, -0.05) is 57.5 Å². The maximum atomic E-state index is 13.1. The minimum Gasteiger partial charge on any atom is -0.494 e. The number of hydrogen-bond donors (Lipinski definition) is 6. The third-order valence-electron chi connectivity index (χ3n) is 5.43. The Balaban J connectivity index is 2.16. The van der Waals surface area contributed by atoms with E-state index >= 15 is 0 Å². The number of nitrogens with one attached hydrogen (secondary N) is 4. The Morgan fingerprint density at radius 1 is 1.03 bits per heavy atom. The fourth-order valence-electron chi connectivity index (χ4n) is 3.50. The number of H-pyrrole nitrogens is 1. The van der Waals surface area contributed by atoms with E-state index in [-0.39, 0.29) is 35.4 Å². The molecule has 33 heavy (non-hydrogen) atoms. The van der Waals surface area contributed by atoms with Gasteiger partial charge in [-0.2, -0.15) is 0 Å². The van der Waals surface area contributed by atoms with Gasteiger partial charge in [-0.3, -0.25) is 14.6 Å². The zero-order valence-corrected chi connectivity index (χ0v) is 19.6. The molecule has 0 radical (unpaired) electrons. The Kier molecular flexibility index (Phi) is 9.32. The van der Waals surface area contributed by atoms with E-state index in [0.717, 1.165) is 18.4 Å². The normalized spacial score (nSPS) is 12.8. The van der Waals surface area contributed by atoms with E-state index < -0.39 is 29.7 Å². The molecule has 0 aliphatic rings. The number of rotatable bonds is 11. The second-order valence-electron chi connectivity index (χ2n) is 8.40. The van der Waals surface area contributed by atoms with Crippen LogP contribution in [-0.4, -0.2) is 45.5 Å². The number of Topliss-reactive ketones (excluding diaryl/α,β-unsaturated/α-hetero) is 1. The van der Waals surface area contributed by atoms with Gasteiger partial charge in [0.2, 0.25) is 11.8 Å². The first-order valence-corrected chi connectivity index (χ1v) is 11.2. The molecule has 180 valence electrons. The smallest absolute Gasteiger partial charge is 0.315 e. The van der Waals surface area contributed by atoms with E-state index in [4.69, 9.17) is 0 Å². The number of benzene rings is 1. The summed E-state index contributed by atoms with van der Waals surface area (Å²) < 4.78 is 0. The summed E-state index contributed by atoms with van der Waals surface area (Å²) in [6, 6.07) is 7.23. The molecule has 0 aliphatic carbocycles. The summed E-state index contributed by atoms with van der Waals surface area (Å²) in [4.78, 5) is 40.7. The highest BCUT2D eigenvalue weighted by Gasteiger charge is 2.31. The van der Waals surface area contributed by atoms with Crippen LogP contribution in [0.2, 0.25) is 0 Å². The van der Waals surface area contributed by atoms with Crippen molar-refractivity contribution in [2.45, 2.75) is 59.0 Å². The molecule has 2 atom stereocenters. The molecule has 0 fully saturated rings. The zero-order valence-electron chi connectivity index (χ0n) is 19.6. The van der Waals surface area contributed by atoms with Crippen molar-refractivity contribution in [3.05, 3.63) is 47.0 Å². The fraction of sp³-hybridized carbons (Fsp3) is 0.458. The van der Waals surface area contributed by atoms with E-state index in [2.05, 4.69) is 20.9 Å². The number of aromatic hydroxyl groups is 2. The van der Waals surface area contributed by atoms with Crippen LogP contribution in [0.4, 0.5) is 4.79 Å². The molecule has 2 rings (SSSR count). The number of amides is 3. The van der Waals surface area contributed by atoms with Gasteiger partial charge in [-0.05, 0) is 24.8 Å². The van der Waals surface area contributed by atoms with Crippen LogP contribution < -0.4 is 16.0 Å². The SMILES string of the molecule is CCCCNC(=O)N[C@@H](CC(=O)N[C@H](C(=O)c1c(O)[nH]c(O)c1C)C(C)C)c1ccccc1. The summed E-state index contributed by atoms with van der Waals surface area (Å²) in [5.74, 6) is -1.96. The third kappa shape index (κ3) is 7.00. The van der Waals surface area contributed by atoms with Crippen molar-refractivity contribution in [2.75, 3.05) is 6.54 Å². The standard InChI is InChI=1S/C24H34N4O5/c1-5-6-12-25-24(33)26-17(16-10-8-7-9-11-16)13-18(29)27-20(14(2)3)21(30)19-15(4)22(31)28-23(19)32/h7-11,14,17,20,28,31-32H,5-6,12-13H2,1-4H3,(H,27,29)(H2,25,26,33)/t17-,20-/m0/s1. The summed E-state index contributed by atoms with van der Waals surface area (Å²) in [5, 5.41) is 28.2. The van der Waals surface area contributed by atoms with Crippen LogP contribution in [0.25, 0.3) is 0 Å². The fourth-order valence-corrected chi connectivity index (χ4v) is 3.50. The van der Waals surface area contributed by atoms with Crippen LogP contribution >= 0.6 is 0 Å². The van der Waals surface area contributed by atoms with Crippen LogP contribution in [0, 0.1) is 12.8 Å². The van der Waals surface area contributed by atoms with Gasteiger partial charge in [0.25, 0.3) is 0 Å². The molecular weight excluding hydrogens is 424 g/mol. The van der Waals surface area contributed by atoms with Gasteiger partial charge in [0.15, 0.2) is 11.7 Å². The first-order valence-electron chi connectivity index (χ1n) is 11.2. The van der Waals surface area contributed by atoms with Crippen molar-refractivity contribution in [2.24, 2.45) is 5.92 Å². The maximum absolute atomic E-state index is 13.1. The van der Waals surface area contributed by atoms with Crippen molar-refractivity contribution in [1.82, 2.24) is 20.9 Å². The van der Waals surface area contributed by atoms with Crippen molar-refractivity contribution in [3.63, 3.8) is 0 Å². The number of ketones is 1. The third-order valence-corrected chi connectivity index (χ3v) is 5.43. The van der Waals surface area contributed by atoms with E-state index in [1.807, 2.05) is 37.3 Å². The number of aromatic nitrogens is 1. The highest BCUT2D eigenvalue weighted by atomic mass is 16.3. The lowest BCUT2D eigenvalue weighted by atomic mass is 9.93. The molecule has 1 aromatic heterocycles. The molecule has 1 heterocycles. The quantitative estimate of drug-likeness (QED) is 0.226. The minimum atomic E-state index is -0.924. The Hall–Kier alpha value is -3.49. The van der Waals surface area contributed by atoms with Gasteiger partial charge < -0.3 is 26.2 Å². The van der Waals surface area contributed by atoms with E-state index in [1.54, 1.807) is 13.8 Å². The molecule has 0 saturated carbocycles. The number of carbonyl (C=O) groups excluding carboxylic acids is 3. The predicted molar refractivity (Wildman–Crippen MR) is 125 cm³/mol. The van der Waals surface area contributed by atoms with Gasteiger partial charge >= 0.3 is 6.03 Å². The second-order valence-corrected chi connectivity index (χ2v) is 8.40. The molecule has 0 unspecified atom stereocenters. The maximum Gasteiger partial charge on any atom is 0.315 e. The van der Waals surface area contributed by atoms with Crippen molar-refractivity contribution in [3.8, 4) is 11.8 Å². The molecule has 9 heteroatoms. The lowest BCUT2D eigenvalue weighted by Gasteiger charge is -2.24. The van der Waals surface area contributed by atoms with Gasteiger partial charge in [-0.25, -0.2) is 4.79 Å². The Labute approximate surface area is 194 Å². The first kappa shape index (κ1) is 25.8. The molecule has 2 aromatic rings. The van der Waals surface area contributed by atoms with E-state index in [0.29, 0.717) is 6.54 Å². The van der Waals surface area contributed by atoms with E-state index in [9.17, 15) is 24.6 Å². The average Bonchev–Trinajstić information content (AvgIpc) is 3.03. The summed E-state index contributed by atoms with van der Waals surface area (Å²) in [5.41, 5.74) is 0.916. The second kappa shape index (κ2) is 11.9. The number of urea groups is 1. The van der Waals surface area contributed by atoms with Crippen molar-refractivity contribution >= 4 is 17.7 Å². The lowest BCUT2D eigenvalue weighted by molar-refractivity contribution is -0.122. The summed E-state index contributed by atoms with van der Waals surface area (Å²) >= 11 is 0. The lowest BCUT2D eigenvalue weighted by Crippen LogP contribution is -2.46. The average molecular weight is 459 g/mol. The van der Waals surface area contributed by atoms with Crippen molar-refractivity contribution in [1.29, 1.82) is 0 Å². The van der Waals surface area contributed by atoms with Gasteiger partial charge in [0.1, 0.15) is 0 Å². The molecule has 1 aromatic carbocycles. The Bertz CT molecular complexity index is 955. The molecule has 0 bridgehead atoms. The van der Waals surface area contributed by atoms with Crippen LogP contribution in [0.1, 0.15) is 67.6 Å². The molecule has 9 nitrogen and oxygen atoms in total. The van der Waals surface area contributed by atoms with Crippen LogP contribution in [-0.2, 0) is 4.79 Å². The largest absolute Gasteiger partial charge is 0.494 e. The Morgan fingerprint density at radius 3 is 2.24 bits per heavy atom. The van der Waals surface area contributed by atoms with Gasteiger partial charge in [0, 0.05) is 12.1 Å². The molecule has 0 saturated heterocycles. The van der Waals surface area contributed by atoms with Crippen LogP contribution in [0.3, 0.4) is 0 Å². The summed E-state index contributed by atoms with van der Waals surface area (Å²) in [6.07, 6.45) is 1.72. The zero-order chi connectivity index (χ0) is 24.5. The molecule has 0 spiro atoms. The molecular formula is C24H34N4O5. The van der Waals surface area contributed by atoms with Crippen molar-refractivity contribution < 1.29 is 24.6 Å². The summed E-state index contributed by atoms with van der Waals surface area (Å²) in [7, 11) is 0. The number of aromatic amines is 1. The van der Waals surface area contributed by atoms with Gasteiger partial charge in [0.05, 0.1) is 24.1 Å². The van der Waals surface area contributed by atoms with Gasteiger partial charge in [-0.15, -0.1) is 0 Å². The van der Waals surface area contributed by atoms with Crippen LogP contribution in [0.5, 0.6) is 11.8 Å². The topological polar surface area (TPSA) is 144 Å². The minimum absolute atomic E-state index is 0.0560. The molecule has 6 N–H and O–H groups in total.